The molecule has 96 valence electrons. The number of furan rings is 1. The molecule has 2 heterocycles. The van der Waals surface area contributed by atoms with Crippen LogP contribution < -0.4 is 5.32 Å². The molecule has 0 saturated carbocycles. The molecule has 0 spiro atoms. The zero-order valence-corrected chi connectivity index (χ0v) is 9.91. The fraction of sp³-hybridized carbons (Fsp3) is 0.333. The Labute approximate surface area is 105 Å². The number of nitrogens with one attached hydrogen (secondary N) is 1. The highest BCUT2D eigenvalue weighted by atomic mass is 16.5. The van der Waals surface area contributed by atoms with E-state index in [4.69, 9.17) is 9.15 Å². The lowest BCUT2D eigenvalue weighted by Gasteiger charge is -2.05. The number of amides is 1. The van der Waals surface area contributed by atoms with Crippen molar-refractivity contribution in [1.82, 2.24) is 14.9 Å². The molecular weight excluding hydrogens is 234 g/mol. The quantitative estimate of drug-likeness (QED) is 0.741. The third-order valence-electron chi connectivity index (χ3n) is 2.33. The van der Waals surface area contributed by atoms with Gasteiger partial charge in [-0.15, -0.1) is 0 Å². The molecule has 2 rings (SSSR count). The molecule has 1 N–H and O–H groups in total. The number of ether oxygens (including phenoxy) is 1. The van der Waals surface area contributed by atoms with E-state index in [2.05, 4.69) is 10.3 Å². The Bertz CT molecular complexity index is 451. The van der Waals surface area contributed by atoms with E-state index in [0.717, 1.165) is 6.54 Å². The van der Waals surface area contributed by atoms with Crippen LogP contribution in [0, 0.1) is 0 Å². The van der Waals surface area contributed by atoms with Crippen LogP contribution in [0.5, 0.6) is 0 Å². The Morgan fingerprint density at radius 3 is 3.17 bits per heavy atom. The molecular formula is C12H15N3O3. The molecule has 0 aromatic carbocycles. The Morgan fingerprint density at radius 1 is 1.50 bits per heavy atom. The van der Waals surface area contributed by atoms with Gasteiger partial charge in [0.25, 0.3) is 5.91 Å². The third-order valence-corrected chi connectivity index (χ3v) is 2.33. The molecule has 2 aromatic heterocycles. The predicted octanol–water partition coefficient (Wildman–Crippen LogP) is 0.923. The van der Waals surface area contributed by atoms with Crippen molar-refractivity contribution in [1.29, 1.82) is 0 Å². The summed E-state index contributed by atoms with van der Waals surface area (Å²) in [5.74, 6) is 0.0895. The zero-order chi connectivity index (χ0) is 12.6. The molecule has 6 heteroatoms. The maximum absolute atomic E-state index is 11.5. The van der Waals surface area contributed by atoms with Crippen molar-refractivity contribution in [3.05, 3.63) is 42.9 Å². The van der Waals surface area contributed by atoms with Crippen LogP contribution in [0.3, 0.4) is 0 Å². The molecule has 6 nitrogen and oxygen atoms in total. The summed E-state index contributed by atoms with van der Waals surface area (Å²) < 4.78 is 12.3. The lowest BCUT2D eigenvalue weighted by molar-refractivity contribution is 0.0883. The van der Waals surface area contributed by atoms with Gasteiger partial charge in [-0.1, -0.05) is 0 Å². The van der Waals surface area contributed by atoms with E-state index in [0.29, 0.717) is 25.5 Å². The number of hydrogen-bond donors (Lipinski definition) is 1. The molecule has 0 unspecified atom stereocenters. The van der Waals surface area contributed by atoms with Crippen LogP contribution >= 0.6 is 0 Å². The Kier molecular flexibility index (Phi) is 4.54. The van der Waals surface area contributed by atoms with Crippen molar-refractivity contribution in [2.45, 2.75) is 6.54 Å². The van der Waals surface area contributed by atoms with Gasteiger partial charge in [0.1, 0.15) is 0 Å². The zero-order valence-electron chi connectivity index (χ0n) is 9.91. The molecule has 0 atom stereocenters. The van der Waals surface area contributed by atoms with Crippen molar-refractivity contribution in [3.8, 4) is 0 Å². The monoisotopic (exact) mass is 249 g/mol. The maximum atomic E-state index is 11.5. The van der Waals surface area contributed by atoms with E-state index < -0.39 is 0 Å². The average Bonchev–Trinajstić information content (AvgIpc) is 3.05. The normalized spacial score (nSPS) is 10.4. The fourth-order valence-electron chi connectivity index (χ4n) is 1.42. The van der Waals surface area contributed by atoms with Gasteiger partial charge < -0.3 is 19.0 Å². The van der Waals surface area contributed by atoms with E-state index in [1.807, 2.05) is 10.8 Å². The molecule has 1 amide bonds. The first-order valence-electron chi connectivity index (χ1n) is 5.71. The first-order chi connectivity index (χ1) is 8.86. The Morgan fingerprint density at radius 2 is 2.44 bits per heavy atom. The molecule has 0 aliphatic rings. The molecule has 0 aliphatic heterocycles. The van der Waals surface area contributed by atoms with E-state index in [1.54, 1.807) is 24.7 Å². The standard InChI is InChI=1S/C12H15N3O3/c16-12(11-2-1-7-18-11)14-4-8-17-9-6-15-5-3-13-10-15/h1-3,5,7,10H,4,6,8-9H2,(H,14,16). The minimum absolute atomic E-state index is 0.224. The molecule has 0 bridgehead atoms. The summed E-state index contributed by atoms with van der Waals surface area (Å²) in [6.07, 6.45) is 6.81. The van der Waals surface area contributed by atoms with Crippen LogP contribution in [-0.2, 0) is 11.3 Å². The highest BCUT2D eigenvalue weighted by molar-refractivity contribution is 5.91. The van der Waals surface area contributed by atoms with E-state index >= 15 is 0 Å². The number of aromatic nitrogens is 2. The van der Waals surface area contributed by atoms with Crippen molar-refractivity contribution >= 4 is 5.91 Å². The van der Waals surface area contributed by atoms with Crippen LogP contribution in [0.4, 0.5) is 0 Å². The highest BCUT2D eigenvalue weighted by Crippen LogP contribution is 1.98. The average molecular weight is 249 g/mol. The first kappa shape index (κ1) is 12.4. The number of carbonyl (C=O) groups is 1. The van der Waals surface area contributed by atoms with Crippen molar-refractivity contribution in [2.75, 3.05) is 19.8 Å². The lowest BCUT2D eigenvalue weighted by atomic mass is 10.4. The summed E-state index contributed by atoms with van der Waals surface area (Å²) in [4.78, 5) is 15.4. The number of rotatable bonds is 7. The smallest absolute Gasteiger partial charge is 0.287 e. The van der Waals surface area contributed by atoms with Gasteiger partial charge in [-0.2, -0.15) is 0 Å². The summed E-state index contributed by atoms with van der Waals surface area (Å²) in [5.41, 5.74) is 0. The minimum Gasteiger partial charge on any atom is -0.459 e. The second kappa shape index (κ2) is 6.61. The molecule has 2 aromatic rings. The van der Waals surface area contributed by atoms with E-state index in [9.17, 15) is 4.79 Å². The number of imidazole rings is 1. The van der Waals surface area contributed by atoms with Gasteiger partial charge in [0.05, 0.1) is 25.8 Å². The molecule has 0 fully saturated rings. The Hall–Kier alpha value is -2.08. The first-order valence-corrected chi connectivity index (χ1v) is 5.71. The summed E-state index contributed by atoms with van der Waals surface area (Å²) in [6.45, 7) is 2.28. The lowest BCUT2D eigenvalue weighted by Crippen LogP contribution is -2.27. The van der Waals surface area contributed by atoms with Crippen molar-refractivity contribution in [2.24, 2.45) is 0 Å². The molecule has 18 heavy (non-hydrogen) atoms. The van der Waals surface area contributed by atoms with Crippen LogP contribution in [0.2, 0.25) is 0 Å². The van der Waals surface area contributed by atoms with Crippen LogP contribution in [0.15, 0.2) is 41.5 Å². The van der Waals surface area contributed by atoms with Gasteiger partial charge in [0.2, 0.25) is 0 Å². The second-order valence-corrected chi connectivity index (χ2v) is 3.65. The minimum atomic E-state index is -0.224. The number of hydrogen-bond acceptors (Lipinski definition) is 4. The summed E-state index contributed by atoms with van der Waals surface area (Å²) in [7, 11) is 0. The number of carbonyl (C=O) groups excluding carboxylic acids is 1. The topological polar surface area (TPSA) is 69.3 Å². The van der Waals surface area contributed by atoms with Gasteiger partial charge in [-0.05, 0) is 12.1 Å². The largest absolute Gasteiger partial charge is 0.459 e. The Balaban J connectivity index is 1.52. The number of nitrogens with zero attached hydrogens (tertiary/aromatic N) is 2. The van der Waals surface area contributed by atoms with Crippen LogP contribution in [0.1, 0.15) is 10.6 Å². The fourth-order valence-corrected chi connectivity index (χ4v) is 1.42. The predicted molar refractivity (Wildman–Crippen MR) is 64.1 cm³/mol. The van der Waals surface area contributed by atoms with Gasteiger partial charge >= 0.3 is 0 Å². The summed E-state index contributed by atoms with van der Waals surface area (Å²) in [5, 5.41) is 2.70. The van der Waals surface area contributed by atoms with Gasteiger partial charge in [0, 0.05) is 25.5 Å². The summed E-state index contributed by atoms with van der Waals surface area (Å²) in [6, 6.07) is 3.30. The second-order valence-electron chi connectivity index (χ2n) is 3.65. The van der Waals surface area contributed by atoms with Crippen molar-refractivity contribution < 1.29 is 13.9 Å². The highest BCUT2D eigenvalue weighted by Gasteiger charge is 2.06. The van der Waals surface area contributed by atoms with Crippen molar-refractivity contribution in [3.63, 3.8) is 0 Å². The molecule has 0 aliphatic carbocycles. The third kappa shape index (κ3) is 3.74. The molecule has 0 radical (unpaired) electrons. The van der Waals surface area contributed by atoms with Gasteiger partial charge in [-0.3, -0.25) is 4.79 Å². The van der Waals surface area contributed by atoms with Gasteiger partial charge in [0.15, 0.2) is 5.76 Å². The maximum Gasteiger partial charge on any atom is 0.287 e. The van der Waals surface area contributed by atoms with Crippen LogP contribution in [-0.4, -0.2) is 35.2 Å². The summed E-state index contributed by atoms with van der Waals surface area (Å²) >= 11 is 0. The van der Waals surface area contributed by atoms with E-state index in [-0.39, 0.29) is 5.91 Å². The van der Waals surface area contributed by atoms with Gasteiger partial charge in [-0.25, -0.2) is 4.98 Å². The SMILES string of the molecule is O=C(NCCOCCn1ccnc1)c1ccco1. The molecule has 0 saturated heterocycles. The van der Waals surface area contributed by atoms with Crippen LogP contribution in [0.25, 0.3) is 0 Å². The van der Waals surface area contributed by atoms with E-state index in [1.165, 1.54) is 6.26 Å².